The minimum absolute atomic E-state index is 0.0463. The number of aryl methyl sites for hydroxylation is 1. The number of fused-ring (bicyclic) bond motifs is 1. The summed E-state index contributed by atoms with van der Waals surface area (Å²) in [5.74, 6) is -0.710. The zero-order valence-corrected chi connectivity index (χ0v) is 13.9. The number of benzene rings is 1. The Kier molecular flexibility index (Phi) is 4.57. The molecular formula is C18H22N2O4. The van der Waals surface area contributed by atoms with Gasteiger partial charge in [0, 0.05) is 17.5 Å². The molecule has 0 aliphatic heterocycles. The van der Waals surface area contributed by atoms with Crippen molar-refractivity contribution in [2.75, 3.05) is 13.1 Å². The van der Waals surface area contributed by atoms with Crippen molar-refractivity contribution in [3.63, 3.8) is 0 Å². The second kappa shape index (κ2) is 6.65. The van der Waals surface area contributed by atoms with Gasteiger partial charge in [-0.2, -0.15) is 0 Å². The summed E-state index contributed by atoms with van der Waals surface area (Å²) < 4.78 is 5.68. The topological polar surface area (TPSA) is 82.8 Å². The number of carboxylic acid groups (broad SMARTS) is 1. The lowest BCUT2D eigenvalue weighted by Crippen LogP contribution is -2.54. The van der Waals surface area contributed by atoms with Crippen LogP contribution in [0.2, 0.25) is 0 Å². The molecule has 24 heavy (non-hydrogen) atoms. The molecule has 1 heterocycles. The van der Waals surface area contributed by atoms with E-state index in [1.165, 1.54) is 0 Å². The van der Waals surface area contributed by atoms with E-state index in [0.29, 0.717) is 12.3 Å². The molecule has 0 radical (unpaired) electrons. The summed E-state index contributed by atoms with van der Waals surface area (Å²) in [6, 6.07) is 7.86. The number of hydrogen-bond donors (Lipinski definition) is 2. The highest BCUT2D eigenvalue weighted by atomic mass is 16.4. The maximum absolute atomic E-state index is 12.3. The molecule has 0 bridgehead atoms. The standard InChI is InChI=1S/C18H22N2O4/c1-3-20(10-16(21)22)14-8-13(9-14)19-18(23)15-7-12-6-4-5-11(2)17(12)24-15/h4-7,13-14H,3,8-10H2,1-2H3,(H,19,23)(H,21,22). The van der Waals surface area contributed by atoms with E-state index in [2.05, 4.69) is 5.32 Å². The molecule has 1 fully saturated rings. The molecule has 6 heteroatoms. The lowest BCUT2D eigenvalue weighted by Gasteiger charge is -2.42. The lowest BCUT2D eigenvalue weighted by atomic mass is 9.85. The number of rotatable bonds is 6. The average molecular weight is 330 g/mol. The Bertz CT molecular complexity index is 761. The van der Waals surface area contributed by atoms with Gasteiger partial charge in [0.05, 0.1) is 6.54 Å². The molecule has 1 aromatic heterocycles. The van der Waals surface area contributed by atoms with Crippen molar-refractivity contribution in [1.29, 1.82) is 0 Å². The normalized spacial score (nSPS) is 20.1. The number of nitrogens with one attached hydrogen (secondary N) is 1. The molecule has 0 saturated heterocycles. The van der Waals surface area contributed by atoms with Crippen LogP contribution < -0.4 is 5.32 Å². The Balaban J connectivity index is 1.58. The first-order chi connectivity index (χ1) is 11.5. The van der Waals surface area contributed by atoms with E-state index in [0.717, 1.165) is 29.4 Å². The third kappa shape index (κ3) is 3.28. The average Bonchev–Trinajstić information content (AvgIpc) is 2.94. The van der Waals surface area contributed by atoms with Crippen LogP contribution in [0.1, 0.15) is 35.9 Å². The number of nitrogens with zero attached hydrogens (tertiary/aromatic N) is 1. The highest BCUT2D eigenvalue weighted by Gasteiger charge is 2.35. The van der Waals surface area contributed by atoms with Crippen LogP contribution >= 0.6 is 0 Å². The first kappa shape index (κ1) is 16.5. The molecule has 2 aromatic rings. The van der Waals surface area contributed by atoms with Crippen LogP contribution in [0.4, 0.5) is 0 Å². The lowest BCUT2D eigenvalue weighted by molar-refractivity contribution is -0.139. The Hall–Kier alpha value is -2.34. The largest absolute Gasteiger partial charge is 0.480 e. The van der Waals surface area contributed by atoms with Gasteiger partial charge in [-0.05, 0) is 37.9 Å². The minimum atomic E-state index is -0.818. The third-order valence-electron chi connectivity index (χ3n) is 4.67. The van der Waals surface area contributed by atoms with Crippen LogP contribution in [0, 0.1) is 6.92 Å². The molecule has 3 rings (SSSR count). The first-order valence-corrected chi connectivity index (χ1v) is 8.23. The van der Waals surface area contributed by atoms with E-state index in [1.807, 2.05) is 36.9 Å². The maximum Gasteiger partial charge on any atom is 0.317 e. The number of carboxylic acids is 1. The van der Waals surface area contributed by atoms with Gasteiger partial charge in [-0.3, -0.25) is 14.5 Å². The molecule has 0 spiro atoms. The number of amides is 1. The Morgan fingerprint density at radius 2 is 2.12 bits per heavy atom. The van der Waals surface area contributed by atoms with E-state index in [9.17, 15) is 9.59 Å². The minimum Gasteiger partial charge on any atom is -0.480 e. The molecule has 1 aliphatic rings. The van der Waals surface area contributed by atoms with Gasteiger partial charge in [0.15, 0.2) is 5.76 Å². The summed E-state index contributed by atoms with van der Waals surface area (Å²) in [5, 5.41) is 12.8. The number of likely N-dealkylation sites (N-methyl/N-ethyl adjacent to an activating group) is 1. The fraction of sp³-hybridized carbons (Fsp3) is 0.444. The van der Waals surface area contributed by atoms with Crippen LogP contribution in [0.5, 0.6) is 0 Å². The van der Waals surface area contributed by atoms with Crippen LogP contribution in [0.15, 0.2) is 28.7 Å². The fourth-order valence-corrected chi connectivity index (χ4v) is 3.25. The second-order valence-electron chi connectivity index (χ2n) is 6.36. The van der Waals surface area contributed by atoms with Gasteiger partial charge in [0.1, 0.15) is 5.58 Å². The predicted molar refractivity (Wildman–Crippen MR) is 90.1 cm³/mol. The molecule has 0 atom stereocenters. The molecule has 1 aromatic carbocycles. The van der Waals surface area contributed by atoms with Gasteiger partial charge in [0.25, 0.3) is 5.91 Å². The van der Waals surface area contributed by atoms with Gasteiger partial charge < -0.3 is 14.8 Å². The van der Waals surface area contributed by atoms with E-state index < -0.39 is 5.97 Å². The van der Waals surface area contributed by atoms with Crippen molar-refractivity contribution in [2.45, 2.75) is 38.8 Å². The van der Waals surface area contributed by atoms with Gasteiger partial charge >= 0.3 is 5.97 Å². The Labute approximate surface area is 140 Å². The molecule has 1 aliphatic carbocycles. The van der Waals surface area contributed by atoms with Crippen LogP contribution in [-0.4, -0.2) is 47.1 Å². The summed E-state index contributed by atoms with van der Waals surface area (Å²) in [4.78, 5) is 25.1. The maximum atomic E-state index is 12.3. The number of para-hydroxylation sites is 1. The first-order valence-electron chi connectivity index (χ1n) is 8.23. The molecule has 6 nitrogen and oxygen atoms in total. The molecule has 0 unspecified atom stereocenters. The number of aliphatic carboxylic acids is 1. The highest BCUT2D eigenvalue weighted by Crippen LogP contribution is 2.27. The van der Waals surface area contributed by atoms with E-state index >= 15 is 0 Å². The van der Waals surface area contributed by atoms with E-state index in [4.69, 9.17) is 9.52 Å². The quantitative estimate of drug-likeness (QED) is 0.850. The van der Waals surface area contributed by atoms with Crippen molar-refractivity contribution in [3.8, 4) is 0 Å². The SMILES string of the molecule is CCN(CC(=O)O)C1CC(NC(=O)c2cc3cccc(C)c3o2)C1. The van der Waals surface area contributed by atoms with Crippen LogP contribution in [0.25, 0.3) is 11.0 Å². The van der Waals surface area contributed by atoms with Crippen molar-refractivity contribution >= 4 is 22.8 Å². The van der Waals surface area contributed by atoms with E-state index in [1.54, 1.807) is 6.07 Å². The number of furan rings is 1. The molecule has 1 saturated carbocycles. The third-order valence-corrected chi connectivity index (χ3v) is 4.67. The van der Waals surface area contributed by atoms with Gasteiger partial charge in [-0.25, -0.2) is 0 Å². The van der Waals surface area contributed by atoms with Crippen LogP contribution in [0.3, 0.4) is 0 Å². The van der Waals surface area contributed by atoms with Crippen molar-refractivity contribution in [3.05, 3.63) is 35.6 Å². The number of carbonyl (C=O) groups is 2. The predicted octanol–water partition coefficient (Wildman–Crippen LogP) is 2.41. The van der Waals surface area contributed by atoms with E-state index in [-0.39, 0.29) is 24.5 Å². The van der Waals surface area contributed by atoms with Gasteiger partial charge in [-0.1, -0.05) is 25.1 Å². The highest BCUT2D eigenvalue weighted by molar-refractivity contribution is 5.96. The molecule has 128 valence electrons. The number of hydrogen-bond acceptors (Lipinski definition) is 4. The summed E-state index contributed by atoms with van der Waals surface area (Å²) in [7, 11) is 0. The summed E-state index contributed by atoms with van der Waals surface area (Å²) in [6.45, 7) is 4.64. The zero-order valence-electron chi connectivity index (χ0n) is 13.9. The monoisotopic (exact) mass is 330 g/mol. The second-order valence-corrected chi connectivity index (χ2v) is 6.36. The number of carbonyl (C=O) groups excluding carboxylic acids is 1. The van der Waals surface area contributed by atoms with Crippen molar-refractivity contribution in [1.82, 2.24) is 10.2 Å². The summed E-state index contributed by atoms with van der Waals surface area (Å²) in [6.07, 6.45) is 1.54. The van der Waals surface area contributed by atoms with Crippen molar-refractivity contribution in [2.24, 2.45) is 0 Å². The Morgan fingerprint density at radius 3 is 2.75 bits per heavy atom. The molecular weight excluding hydrogens is 308 g/mol. The molecule has 2 N–H and O–H groups in total. The van der Waals surface area contributed by atoms with Crippen molar-refractivity contribution < 1.29 is 19.1 Å². The summed E-state index contributed by atoms with van der Waals surface area (Å²) >= 11 is 0. The Morgan fingerprint density at radius 1 is 1.38 bits per heavy atom. The van der Waals surface area contributed by atoms with Crippen LogP contribution in [-0.2, 0) is 4.79 Å². The smallest absolute Gasteiger partial charge is 0.317 e. The fourth-order valence-electron chi connectivity index (χ4n) is 3.25. The van der Waals surface area contributed by atoms with Gasteiger partial charge in [-0.15, -0.1) is 0 Å². The molecule has 1 amide bonds. The zero-order chi connectivity index (χ0) is 17.3. The summed E-state index contributed by atoms with van der Waals surface area (Å²) in [5.41, 5.74) is 1.75. The van der Waals surface area contributed by atoms with Gasteiger partial charge in [0.2, 0.25) is 0 Å².